The number of rotatable bonds is 3. The molecule has 1 saturated heterocycles. The molecule has 4 rings (SSSR count). The zero-order valence-electron chi connectivity index (χ0n) is 13.0. The topological polar surface area (TPSA) is 45.4 Å². The highest BCUT2D eigenvalue weighted by Gasteiger charge is 2.18. The largest absolute Gasteiger partial charge is 0.336 e. The van der Waals surface area contributed by atoms with Crippen molar-refractivity contribution in [3.63, 3.8) is 0 Å². The molecule has 0 saturated carbocycles. The molecule has 6 heteroatoms. The summed E-state index contributed by atoms with van der Waals surface area (Å²) in [7, 11) is 2.13. The van der Waals surface area contributed by atoms with Crippen molar-refractivity contribution in [2.24, 2.45) is 0 Å². The average Bonchev–Trinajstić information content (AvgIpc) is 3.20. The van der Waals surface area contributed by atoms with Gasteiger partial charge in [0.1, 0.15) is 0 Å². The van der Waals surface area contributed by atoms with Crippen LogP contribution < -0.4 is 4.90 Å². The van der Waals surface area contributed by atoms with E-state index in [1.807, 2.05) is 12.2 Å². The fourth-order valence-corrected chi connectivity index (χ4v) is 3.65. The van der Waals surface area contributed by atoms with Gasteiger partial charge in [-0.15, -0.1) is 11.3 Å². The smallest absolute Gasteiger partial charge is 0.266 e. The maximum atomic E-state index is 5.36. The van der Waals surface area contributed by atoms with Crippen molar-refractivity contribution in [3.8, 4) is 0 Å². The second-order valence-corrected chi connectivity index (χ2v) is 6.65. The first-order chi connectivity index (χ1) is 11.3. The third-order valence-electron chi connectivity index (χ3n) is 4.13. The Balaban J connectivity index is 1.51. The molecule has 0 radical (unpaired) electrons. The van der Waals surface area contributed by atoms with Gasteiger partial charge in [-0.1, -0.05) is 18.2 Å². The third kappa shape index (κ3) is 3.00. The maximum Gasteiger partial charge on any atom is 0.266 e. The molecule has 0 aliphatic carbocycles. The van der Waals surface area contributed by atoms with Gasteiger partial charge in [0, 0.05) is 37.0 Å². The molecule has 3 heterocycles. The predicted molar refractivity (Wildman–Crippen MR) is 94.8 cm³/mol. The number of nitrogens with zero attached hydrogens (tertiary/aromatic N) is 4. The zero-order chi connectivity index (χ0) is 15.6. The van der Waals surface area contributed by atoms with Gasteiger partial charge in [0.2, 0.25) is 0 Å². The number of fused-ring (bicyclic) bond motifs is 1. The van der Waals surface area contributed by atoms with E-state index < -0.39 is 0 Å². The first-order valence-electron chi connectivity index (χ1n) is 7.71. The molecule has 0 amide bonds. The van der Waals surface area contributed by atoms with Crippen LogP contribution in [0.1, 0.15) is 11.5 Å². The summed E-state index contributed by atoms with van der Waals surface area (Å²) >= 11 is 1.75. The Morgan fingerprint density at radius 1 is 1.13 bits per heavy atom. The molecular weight excluding hydrogens is 308 g/mol. The number of anilines is 1. The summed E-state index contributed by atoms with van der Waals surface area (Å²) in [5, 5.41) is 7.51. The van der Waals surface area contributed by atoms with Crippen LogP contribution in [-0.2, 0) is 0 Å². The van der Waals surface area contributed by atoms with Crippen molar-refractivity contribution in [1.82, 2.24) is 15.0 Å². The fraction of sp³-hybridized carbons (Fsp3) is 0.294. The lowest BCUT2D eigenvalue weighted by Gasteiger charge is -2.31. The van der Waals surface area contributed by atoms with Crippen LogP contribution in [0.2, 0.25) is 0 Å². The fourth-order valence-electron chi connectivity index (χ4n) is 2.72. The maximum absolute atomic E-state index is 5.36. The number of hydrogen-bond donors (Lipinski definition) is 0. The Kier molecular flexibility index (Phi) is 3.85. The predicted octanol–water partition coefficient (Wildman–Crippen LogP) is 3.21. The van der Waals surface area contributed by atoms with Crippen LogP contribution in [0.4, 0.5) is 5.95 Å². The third-order valence-corrected chi connectivity index (χ3v) is 5.12. The lowest BCUT2D eigenvalue weighted by Crippen LogP contribution is -2.44. The number of aromatic nitrogens is 2. The molecular formula is C17H18N4OS. The molecule has 0 unspecified atom stereocenters. The Morgan fingerprint density at radius 2 is 1.96 bits per heavy atom. The van der Waals surface area contributed by atoms with E-state index >= 15 is 0 Å². The van der Waals surface area contributed by atoms with Gasteiger partial charge in [0.25, 0.3) is 11.8 Å². The minimum Gasteiger partial charge on any atom is -0.336 e. The first-order valence-corrected chi connectivity index (χ1v) is 8.59. The summed E-state index contributed by atoms with van der Waals surface area (Å²) < 4.78 is 6.64. The monoisotopic (exact) mass is 326 g/mol. The van der Waals surface area contributed by atoms with E-state index in [-0.39, 0.29) is 0 Å². The number of benzene rings is 1. The summed E-state index contributed by atoms with van der Waals surface area (Å²) in [6, 6.07) is 8.39. The highest BCUT2D eigenvalue weighted by atomic mass is 32.1. The standard InChI is InChI=1S/C17H18N4OS/c1-20-8-10-21(11-9-20)17-18-16(22-19-17)7-6-13-12-23-15-5-3-2-4-14(13)15/h2-7,12H,8-11H2,1H3/b7-6+. The van der Waals surface area contributed by atoms with Crippen LogP contribution in [0.5, 0.6) is 0 Å². The molecule has 118 valence electrons. The van der Waals surface area contributed by atoms with Crippen molar-refractivity contribution in [2.75, 3.05) is 38.1 Å². The van der Waals surface area contributed by atoms with Gasteiger partial charge in [0.15, 0.2) is 0 Å². The average molecular weight is 326 g/mol. The van der Waals surface area contributed by atoms with Crippen molar-refractivity contribution >= 4 is 39.5 Å². The van der Waals surface area contributed by atoms with E-state index in [9.17, 15) is 0 Å². The van der Waals surface area contributed by atoms with Gasteiger partial charge < -0.3 is 14.3 Å². The van der Waals surface area contributed by atoms with Crippen LogP contribution >= 0.6 is 11.3 Å². The molecule has 3 aromatic rings. The SMILES string of the molecule is CN1CCN(c2noc(/C=C/c3csc4ccccc34)n2)CC1. The zero-order valence-corrected chi connectivity index (χ0v) is 13.8. The molecule has 0 N–H and O–H groups in total. The number of piperazine rings is 1. The van der Waals surface area contributed by atoms with Gasteiger partial charge in [-0.25, -0.2) is 0 Å². The van der Waals surface area contributed by atoms with Crippen molar-refractivity contribution in [2.45, 2.75) is 0 Å². The number of hydrogen-bond acceptors (Lipinski definition) is 6. The Morgan fingerprint density at radius 3 is 2.83 bits per heavy atom. The molecule has 1 aliphatic rings. The van der Waals surface area contributed by atoms with Crippen LogP contribution in [0.25, 0.3) is 22.2 Å². The van der Waals surface area contributed by atoms with Gasteiger partial charge in [-0.05, 0) is 40.7 Å². The van der Waals surface area contributed by atoms with E-state index in [1.165, 1.54) is 15.6 Å². The highest BCUT2D eigenvalue weighted by molar-refractivity contribution is 7.17. The summed E-state index contributed by atoms with van der Waals surface area (Å²) in [6.45, 7) is 3.93. The summed E-state index contributed by atoms with van der Waals surface area (Å²) in [5.74, 6) is 1.24. The van der Waals surface area contributed by atoms with Crippen molar-refractivity contribution in [3.05, 3.63) is 41.1 Å². The van der Waals surface area contributed by atoms with Gasteiger partial charge in [-0.3, -0.25) is 0 Å². The molecule has 23 heavy (non-hydrogen) atoms. The van der Waals surface area contributed by atoms with Crippen LogP contribution in [0.3, 0.4) is 0 Å². The van der Waals surface area contributed by atoms with E-state index in [0.717, 1.165) is 26.2 Å². The first kappa shape index (κ1) is 14.4. The summed E-state index contributed by atoms with van der Waals surface area (Å²) in [6.07, 6.45) is 3.93. The van der Waals surface area contributed by atoms with E-state index in [0.29, 0.717) is 11.8 Å². The van der Waals surface area contributed by atoms with Gasteiger partial charge >= 0.3 is 0 Å². The molecule has 1 fully saturated rings. The van der Waals surface area contributed by atoms with Crippen LogP contribution in [0, 0.1) is 0 Å². The summed E-state index contributed by atoms with van der Waals surface area (Å²) in [5.41, 5.74) is 1.19. The lowest BCUT2D eigenvalue weighted by atomic mass is 10.2. The molecule has 1 aromatic carbocycles. The van der Waals surface area contributed by atoms with E-state index in [2.05, 4.69) is 56.6 Å². The normalized spacial score (nSPS) is 16.7. The van der Waals surface area contributed by atoms with Gasteiger partial charge in [0.05, 0.1) is 0 Å². The highest BCUT2D eigenvalue weighted by Crippen LogP contribution is 2.27. The Hall–Kier alpha value is -2.18. The second kappa shape index (κ2) is 6.14. The Labute approximate surface area is 138 Å². The van der Waals surface area contributed by atoms with Gasteiger partial charge in [-0.2, -0.15) is 4.98 Å². The minimum atomic E-state index is 0.550. The van der Waals surface area contributed by atoms with Crippen LogP contribution in [0.15, 0.2) is 34.2 Å². The van der Waals surface area contributed by atoms with Crippen molar-refractivity contribution in [1.29, 1.82) is 0 Å². The molecule has 0 atom stereocenters. The lowest BCUT2D eigenvalue weighted by molar-refractivity contribution is 0.309. The molecule has 0 spiro atoms. The van der Waals surface area contributed by atoms with E-state index in [1.54, 1.807) is 11.3 Å². The number of likely N-dealkylation sites (N-methyl/N-ethyl adjacent to an activating group) is 1. The molecule has 5 nitrogen and oxygen atoms in total. The molecule has 1 aliphatic heterocycles. The molecule has 0 bridgehead atoms. The Bertz CT molecular complexity index is 830. The molecule has 2 aromatic heterocycles. The number of thiophene rings is 1. The van der Waals surface area contributed by atoms with E-state index in [4.69, 9.17) is 4.52 Å². The quantitative estimate of drug-likeness (QED) is 0.739. The second-order valence-electron chi connectivity index (χ2n) is 5.74. The van der Waals surface area contributed by atoms with Crippen molar-refractivity contribution < 1.29 is 4.52 Å². The van der Waals surface area contributed by atoms with Crippen LogP contribution in [-0.4, -0.2) is 48.3 Å². The summed E-state index contributed by atoms with van der Waals surface area (Å²) in [4.78, 5) is 8.96. The minimum absolute atomic E-state index is 0.550.